The van der Waals surface area contributed by atoms with Crippen molar-refractivity contribution in [1.29, 1.82) is 0 Å². The van der Waals surface area contributed by atoms with Crippen molar-refractivity contribution in [3.05, 3.63) is 77.5 Å². The number of rotatable bonds is 6. The van der Waals surface area contributed by atoms with Crippen molar-refractivity contribution in [3.8, 4) is 17.2 Å². The number of methoxy groups -OCH3 is 1. The Bertz CT molecular complexity index is 1120. The number of carbonyl (C=O) groups is 1. The summed E-state index contributed by atoms with van der Waals surface area (Å²) in [6.45, 7) is 8.18. The zero-order valence-corrected chi connectivity index (χ0v) is 17.4. The van der Waals surface area contributed by atoms with Crippen LogP contribution in [-0.2, 0) is 4.79 Å². The largest absolute Gasteiger partial charge is 0.493 e. The van der Waals surface area contributed by atoms with Crippen LogP contribution in [0.2, 0.25) is 0 Å². The number of aromatic nitrogens is 2. The molecule has 1 amide bonds. The summed E-state index contributed by atoms with van der Waals surface area (Å²) in [5.41, 5.74) is 5.20. The first-order valence-electron chi connectivity index (χ1n) is 9.89. The summed E-state index contributed by atoms with van der Waals surface area (Å²) in [7, 11) is 1.61. The van der Waals surface area contributed by atoms with Crippen LogP contribution in [0, 0.1) is 13.8 Å². The number of ether oxygens (including phenoxy) is 2. The van der Waals surface area contributed by atoms with Crippen LogP contribution >= 0.6 is 0 Å². The van der Waals surface area contributed by atoms with Gasteiger partial charge in [-0.25, -0.2) is 4.68 Å². The molecule has 30 heavy (non-hydrogen) atoms. The summed E-state index contributed by atoms with van der Waals surface area (Å²) >= 11 is 0. The van der Waals surface area contributed by atoms with Crippen LogP contribution in [-0.4, -0.2) is 29.4 Å². The molecule has 0 saturated carbocycles. The number of nitrogens with zero attached hydrogens (tertiary/aromatic N) is 2. The molecule has 0 bridgehead atoms. The van der Waals surface area contributed by atoms with E-state index < -0.39 is 0 Å². The molecular formula is C24H25N3O3. The molecular weight excluding hydrogens is 378 g/mol. The molecule has 154 valence electrons. The lowest BCUT2D eigenvalue weighted by atomic mass is 9.87. The van der Waals surface area contributed by atoms with Crippen LogP contribution in [0.3, 0.4) is 0 Å². The van der Waals surface area contributed by atoms with E-state index in [4.69, 9.17) is 9.47 Å². The predicted molar refractivity (Wildman–Crippen MR) is 117 cm³/mol. The molecule has 0 radical (unpaired) electrons. The maximum atomic E-state index is 12.6. The van der Waals surface area contributed by atoms with Crippen LogP contribution in [0.1, 0.15) is 34.6 Å². The van der Waals surface area contributed by atoms with Crippen LogP contribution in [0.5, 0.6) is 11.5 Å². The molecule has 2 heterocycles. The van der Waals surface area contributed by atoms with Crippen LogP contribution in [0.4, 0.5) is 5.82 Å². The van der Waals surface area contributed by atoms with Crippen molar-refractivity contribution in [2.24, 2.45) is 0 Å². The van der Waals surface area contributed by atoms with Gasteiger partial charge in [-0.1, -0.05) is 36.4 Å². The second kappa shape index (κ2) is 8.06. The molecule has 1 aliphatic rings. The van der Waals surface area contributed by atoms with Gasteiger partial charge in [-0.05, 0) is 43.2 Å². The Kier molecular flexibility index (Phi) is 5.31. The summed E-state index contributed by atoms with van der Waals surface area (Å²) in [5, 5.41) is 7.62. The molecule has 1 unspecified atom stereocenters. The van der Waals surface area contributed by atoms with E-state index in [2.05, 4.69) is 30.0 Å². The first-order valence-corrected chi connectivity index (χ1v) is 9.89. The van der Waals surface area contributed by atoms with Gasteiger partial charge < -0.3 is 14.8 Å². The van der Waals surface area contributed by atoms with Gasteiger partial charge in [0.2, 0.25) is 5.91 Å². The average molecular weight is 403 g/mol. The fourth-order valence-electron chi connectivity index (χ4n) is 3.91. The molecule has 1 aliphatic heterocycles. The van der Waals surface area contributed by atoms with Crippen molar-refractivity contribution in [2.45, 2.75) is 26.2 Å². The summed E-state index contributed by atoms with van der Waals surface area (Å²) in [5.74, 6) is 1.84. The quantitative estimate of drug-likeness (QED) is 0.614. The summed E-state index contributed by atoms with van der Waals surface area (Å²) in [6, 6.07) is 12.0. The highest BCUT2D eigenvalue weighted by Crippen LogP contribution is 2.41. The minimum absolute atomic E-state index is 0.0371. The van der Waals surface area contributed by atoms with Crippen molar-refractivity contribution < 1.29 is 14.3 Å². The standard InChI is InChI=1S/C24H25N3O3/c1-5-10-30-21-9-7-17(12-22(21)29-4)18-13-23(28)26-24-19(18)14-25-27(24)20-8-6-15(2)11-16(20)3/h5-9,11-12,14,18H,1,10,13H2,2-4H3,(H,26,28). The molecule has 0 spiro atoms. The fraction of sp³-hybridized carbons (Fsp3) is 0.250. The zero-order chi connectivity index (χ0) is 21.3. The number of anilines is 1. The number of nitrogens with one attached hydrogen (secondary N) is 1. The molecule has 2 aromatic carbocycles. The van der Waals surface area contributed by atoms with E-state index in [0.29, 0.717) is 30.3 Å². The van der Waals surface area contributed by atoms with Gasteiger partial charge in [-0.3, -0.25) is 4.79 Å². The zero-order valence-electron chi connectivity index (χ0n) is 17.4. The minimum atomic E-state index is -0.115. The first kappa shape index (κ1) is 19.8. The summed E-state index contributed by atoms with van der Waals surface area (Å²) in [4.78, 5) is 12.6. The lowest BCUT2D eigenvalue weighted by molar-refractivity contribution is -0.116. The molecule has 6 heteroatoms. The van der Waals surface area contributed by atoms with Gasteiger partial charge in [0.15, 0.2) is 11.5 Å². The third kappa shape index (κ3) is 3.56. The average Bonchev–Trinajstić information content (AvgIpc) is 3.15. The Morgan fingerprint density at radius 1 is 1.23 bits per heavy atom. The Labute approximate surface area is 176 Å². The lowest BCUT2D eigenvalue weighted by Crippen LogP contribution is -2.24. The van der Waals surface area contributed by atoms with Crippen LogP contribution in [0.15, 0.2) is 55.3 Å². The highest BCUT2D eigenvalue weighted by atomic mass is 16.5. The van der Waals surface area contributed by atoms with E-state index in [0.717, 1.165) is 22.4 Å². The smallest absolute Gasteiger partial charge is 0.226 e. The normalized spacial score (nSPS) is 15.3. The van der Waals surface area contributed by atoms with Gasteiger partial charge in [0.25, 0.3) is 0 Å². The van der Waals surface area contributed by atoms with Gasteiger partial charge in [0.1, 0.15) is 12.4 Å². The Morgan fingerprint density at radius 2 is 2.07 bits per heavy atom. The van der Waals surface area contributed by atoms with Gasteiger partial charge in [0, 0.05) is 17.9 Å². The minimum Gasteiger partial charge on any atom is -0.493 e. The van der Waals surface area contributed by atoms with Gasteiger partial charge >= 0.3 is 0 Å². The Hall–Kier alpha value is -3.54. The van der Waals surface area contributed by atoms with E-state index in [1.54, 1.807) is 13.2 Å². The maximum absolute atomic E-state index is 12.6. The lowest BCUT2D eigenvalue weighted by Gasteiger charge is -2.24. The van der Waals surface area contributed by atoms with E-state index in [1.165, 1.54) is 5.56 Å². The van der Waals surface area contributed by atoms with Crippen molar-refractivity contribution in [1.82, 2.24) is 9.78 Å². The summed E-state index contributed by atoms with van der Waals surface area (Å²) < 4.78 is 13.0. The number of hydrogen-bond donors (Lipinski definition) is 1. The van der Waals surface area contributed by atoms with Crippen LogP contribution < -0.4 is 14.8 Å². The van der Waals surface area contributed by atoms with Crippen molar-refractivity contribution in [3.63, 3.8) is 0 Å². The topological polar surface area (TPSA) is 65.4 Å². The number of carbonyl (C=O) groups excluding carboxylic acids is 1. The number of fused-ring (bicyclic) bond motifs is 1. The highest BCUT2D eigenvalue weighted by Gasteiger charge is 2.31. The maximum Gasteiger partial charge on any atom is 0.226 e. The van der Waals surface area contributed by atoms with Gasteiger partial charge in [0.05, 0.1) is 19.0 Å². The van der Waals surface area contributed by atoms with E-state index >= 15 is 0 Å². The third-order valence-electron chi connectivity index (χ3n) is 5.35. The Balaban J connectivity index is 1.75. The number of hydrogen-bond acceptors (Lipinski definition) is 4. The molecule has 0 aliphatic carbocycles. The molecule has 3 aromatic rings. The fourth-order valence-corrected chi connectivity index (χ4v) is 3.91. The van der Waals surface area contributed by atoms with E-state index in [1.807, 2.05) is 48.1 Å². The monoisotopic (exact) mass is 403 g/mol. The highest BCUT2D eigenvalue weighted by molar-refractivity contribution is 5.94. The molecule has 6 nitrogen and oxygen atoms in total. The van der Waals surface area contributed by atoms with Crippen LogP contribution in [0.25, 0.3) is 5.69 Å². The molecule has 0 saturated heterocycles. The second-order valence-corrected chi connectivity index (χ2v) is 7.47. The predicted octanol–water partition coefficient (Wildman–Crippen LogP) is 4.54. The molecule has 1 atom stereocenters. The molecule has 0 fully saturated rings. The summed E-state index contributed by atoms with van der Waals surface area (Å²) in [6.07, 6.45) is 3.88. The Morgan fingerprint density at radius 3 is 2.80 bits per heavy atom. The number of aryl methyl sites for hydroxylation is 2. The van der Waals surface area contributed by atoms with Gasteiger partial charge in [-0.2, -0.15) is 5.10 Å². The SMILES string of the molecule is C=CCOc1ccc(C2CC(=O)Nc3c2cnn3-c2ccc(C)cc2C)cc1OC. The second-order valence-electron chi connectivity index (χ2n) is 7.47. The van der Waals surface area contributed by atoms with E-state index in [-0.39, 0.29) is 11.8 Å². The molecule has 4 rings (SSSR count). The first-order chi connectivity index (χ1) is 14.5. The van der Waals surface area contributed by atoms with Crippen molar-refractivity contribution >= 4 is 11.7 Å². The van der Waals surface area contributed by atoms with Gasteiger partial charge in [-0.15, -0.1) is 0 Å². The number of amides is 1. The van der Waals surface area contributed by atoms with Crippen molar-refractivity contribution in [2.75, 3.05) is 19.0 Å². The number of benzene rings is 2. The molecule has 1 N–H and O–H groups in total. The van der Waals surface area contributed by atoms with E-state index in [9.17, 15) is 4.79 Å². The molecule has 1 aromatic heterocycles. The third-order valence-corrected chi connectivity index (χ3v) is 5.35.